The van der Waals surface area contributed by atoms with Crippen molar-refractivity contribution < 1.29 is 4.79 Å². The number of hydrogen-bond acceptors (Lipinski definition) is 3. The third kappa shape index (κ3) is 1.26. The van der Waals surface area contributed by atoms with Crippen LogP contribution in [0.4, 0.5) is 0 Å². The number of rotatable bonds is 1. The molecule has 6 heteroatoms. The van der Waals surface area contributed by atoms with E-state index in [0.717, 1.165) is 4.96 Å². The van der Waals surface area contributed by atoms with Gasteiger partial charge in [0.15, 0.2) is 10.7 Å². The summed E-state index contributed by atoms with van der Waals surface area (Å²) in [5, 5.41) is 4.45. The van der Waals surface area contributed by atoms with E-state index >= 15 is 0 Å². The fourth-order valence-corrected chi connectivity index (χ4v) is 2.41. The normalized spacial score (nSPS) is 10.6. The van der Waals surface area contributed by atoms with Crippen LogP contribution in [0.1, 0.15) is 10.5 Å². The average molecular weight is 260 g/mol. The van der Waals surface area contributed by atoms with Crippen LogP contribution in [0.25, 0.3) is 4.96 Å². The molecule has 13 heavy (non-hydrogen) atoms. The van der Waals surface area contributed by atoms with E-state index in [2.05, 4.69) is 26.2 Å². The molecule has 2 aromatic heterocycles. The number of thiazole rings is 1. The molecule has 0 aliphatic carbocycles. The number of imidazole rings is 1. The first-order chi connectivity index (χ1) is 6.24. The Hall–Kier alpha value is -0.880. The first-order valence-electron chi connectivity index (χ1n) is 3.57. The molecular formula is C7H6BrN3OS. The second kappa shape index (κ2) is 3.12. The van der Waals surface area contributed by atoms with Gasteiger partial charge in [-0.15, -0.1) is 11.3 Å². The molecule has 0 aliphatic heterocycles. The van der Waals surface area contributed by atoms with Crippen LogP contribution < -0.4 is 5.32 Å². The van der Waals surface area contributed by atoms with Crippen LogP contribution in [0.5, 0.6) is 0 Å². The van der Waals surface area contributed by atoms with Crippen molar-refractivity contribution in [3.63, 3.8) is 0 Å². The average Bonchev–Trinajstić information content (AvgIpc) is 2.68. The van der Waals surface area contributed by atoms with Crippen LogP contribution in [0.15, 0.2) is 16.2 Å². The largest absolute Gasteiger partial charge is 0.354 e. The Labute approximate surface area is 86.7 Å². The number of carbonyl (C=O) groups is 1. The summed E-state index contributed by atoms with van der Waals surface area (Å²) in [6.45, 7) is 0. The van der Waals surface area contributed by atoms with Gasteiger partial charge in [0.25, 0.3) is 5.91 Å². The lowest BCUT2D eigenvalue weighted by molar-refractivity contribution is 0.0958. The second-order valence-electron chi connectivity index (χ2n) is 2.39. The van der Waals surface area contributed by atoms with Crippen LogP contribution in [-0.4, -0.2) is 22.3 Å². The Morgan fingerprint density at radius 1 is 1.77 bits per heavy atom. The molecule has 0 atom stereocenters. The van der Waals surface area contributed by atoms with Crippen molar-refractivity contribution in [3.05, 3.63) is 21.9 Å². The van der Waals surface area contributed by atoms with Crippen LogP contribution in [0.2, 0.25) is 0 Å². The lowest BCUT2D eigenvalue weighted by atomic mass is 10.4. The molecule has 0 aromatic carbocycles. The Kier molecular flexibility index (Phi) is 2.09. The summed E-state index contributed by atoms with van der Waals surface area (Å²) in [7, 11) is 1.59. The number of fused-ring (bicyclic) bond motifs is 1. The zero-order valence-corrected chi connectivity index (χ0v) is 9.15. The highest BCUT2D eigenvalue weighted by Crippen LogP contribution is 2.21. The molecule has 0 unspecified atom stereocenters. The predicted molar refractivity (Wildman–Crippen MR) is 54.2 cm³/mol. The zero-order valence-electron chi connectivity index (χ0n) is 6.74. The highest BCUT2D eigenvalue weighted by molar-refractivity contribution is 9.10. The van der Waals surface area contributed by atoms with Crippen molar-refractivity contribution >= 4 is 38.1 Å². The number of hydrogen-bond donors (Lipinski definition) is 1. The third-order valence-electron chi connectivity index (χ3n) is 1.65. The van der Waals surface area contributed by atoms with Crippen LogP contribution in [-0.2, 0) is 0 Å². The molecule has 1 amide bonds. The molecule has 0 saturated heterocycles. The summed E-state index contributed by atoms with van der Waals surface area (Å²) in [6, 6.07) is 0. The minimum absolute atomic E-state index is 0.178. The van der Waals surface area contributed by atoms with Crippen molar-refractivity contribution in [3.8, 4) is 0 Å². The quantitative estimate of drug-likeness (QED) is 0.844. The lowest BCUT2D eigenvalue weighted by Gasteiger charge is -1.93. The molecule has 68 valence electrons. The van der Waals surface area contributed by atoms with Gasteiger partial charge in [-0.2, -0.15) is 0 Å². The highest BCUT2D eigenvalue weighted by atomic mass is 79.9. The fourth-order valence-electron chi connectivity index (χ4n) is 1.02. The maximum atomic E-state index is 11.3. The zero-order chi connectivity index (χ0) is 9.42. The molecule has 0 saturated carbocycles. The van der Waals surface area contributed by atoms with Crippen molar-refractivity contribution in [1.82, 2.24) is 14.7 Å². The molecule has 0 bridgehead atoms. The Morgan fingerprint density at radius 2 is 2.54 bits per heavy atom. The Morgan fingerprint density at radius 3 is 3.15 bits per heavy atom. The number of halogens is 1. The number of aromatic nitrogens is 2. The van der Waals surface area contributed by atoms with Gasteiger partial charge in [0, 0.05) is 18.6 Å². The molecule has 0 radical (unpaired) electrons. The predicted octanol–water partition coefficient (Wildman–Crippen LogP) is 1.52. The molecule has 0 aliphatic rings. The van der Waals surface area contributed by atoms with Gasteiger partial charge < -0.3 is 5.32 Å². The smallest absolute Gasteiger partial charge is 0.272 e. The first kappa shape index (κ1) is 8.71. The van der Waals surface area contributed by atoms with Crippen LogP contribution >= 0.6 is 27.3 Å². The SMILES string of the molecule is CNC(=O)c1nc2sccn2c1Br. The van der Waals surface area contributed by atoms with Gasteiger partial charge >= 0.3 is 0 Å². The van der Waals surface area contributed by atoms with Crippen LogP contribution in [0.3, 0.4) is 0 Å². The van der Waals surface area contributed by atoms with Gasteiger partial charge in [0.2, 0.25) is 0 Å². The molecule has 2 aromatic rings. The maximum absolute atomic E-state index is 11.3. The summed E-state index contributed by atoms with van der Waals surface area (Å²) < 4.78 is 2.53. The molecule has 4 nitrogen and oxygen atoms in total. The number of carbonyl (C=O) groups excluding carboxylic acids is 1. The van der Waals surface area contributed by atoms with E-state index in [4.69, 9.17) is 0 Å². The van der Waals surface area contributed by atoms with Crippen LogP contribution in [0, 0.1) is 0 Å². The molecule has 2 rings (SSSR count). The van der Waals surface area contributed by atoms with E-state index in [1.807, 2.05) is 16.0 Å². The molecular weight excluding hydrogens is 254 g/mol. The summed E-state index contributed by atoms with van der Waals surface area (Å²) in [4.78, 5) is 16.3. The fraction of sp³-hybridized carbons (Fsp3) is 0.143. The number of amides is 1. The van der Waals surface area contributed by atoms with Gasteiger partial charge in [-0.3, -0.25) is 9.20 Å². The van der Waals surface area contributed by atoms with E-state index in [9.17, 15) is 4.79 Å². The minimum Gasteiger partial charge on any atom is -0.354 e. The lowest BCUT2D eigenvalue weighted by Crippen LogP contribution is -2.18. The van der Waals surface area contributed by atoms with E-state index < -0.39 is 0 Å². The van der Waals surface area contributed by atoms with Crippen molar-refractivity contribution in [2.24, 2.45) is 0 Å². The number of nitrogens with one attached hydrogen (secondary N) is 1. The van der Waals surface area contributed by atoms with Gasteiger partial charge in [-0.05, 0) is 15.9 Å². The summed E-state index contributed by atoms with van der Waals surface area (Å²) in [6.07, 6.45) is 1.86. The van der Waals surface area contributed by atoms with Gasteiger partial charge in [0.1, 0.15) is 4.60 Å². The Balaban J connectivity index is 2.64. The van der Waals surface area contributed by atoms with Crippen molar-refractivity contribution in [1.29, 1.82) is 0 Å². The molecule has 1 N–H and O–H groups in total. The van der Waals surface area contributed by atoms with Gasteiger partial charge in [-0.1, -0.05) is 0 Å². The summed E-state index contributed by atoms with van der Waals surface area (Å²) in [5.74, 6) is -0.178. The Bertz CT molecular complexity index is 461. The van der Waals surface area contributed by atoms with E-state index in [0.29, 0.717) is 10.3 Å². The molecule has 0 fully saturated rings. The molecule has 2 heterocycles. The maximum Gasteiger partial charge on any atom is 0.272 e. The second-order valence-corrected chi connectivity index (χ2v) is 4.01. The third-order valence-corrected chi connectivity index (χ3v) is 3.16. The highest BCUT2D eigenvalue weighted by Gasteiger charge is 2.15. The van der Waals surface area contributed by atoms with E-state index in [1.165, 1.54) is 11.3 Å². The molecule has 0 spiro atoms. The summed E-state index contributed by atoms with van der Waals surface area (Å²) >= 11 is 4.81. The van der Waals surface area contributed by atoms with Gasteiger partial charge in [0.05, 0.1) is 0 Å². The van der Waals surface area contributed by atoms with Crippen molar-refractivity contribution in [2.45, 2.75) is 0 Å². The van der Waals surface area contributed by atoms with E-state index in [1.54, 1.807) is 7.05 Å². The minimum atomic E-state index is -0.178. The van der Waals surface area contributed by atoms with E-state index in [-0.39, 0.29) is 5.91 Å². The topological polar surface area (TPSA) is 46.4 Å². The standard InChI is InChI=1S/C7H6BrN3OS/c1-9-6(12)4-5(8)11-2-3-13-7(11)10-4/h2-3H,1H3,(H,9,12). The van der Waals surface area contributed by atoms with Gasteiger partial charge in [-0.25, -0.2) is 4.98 Å². The first-order valence-corrected chi connectivity index (χ1v) is 5.24. The number of nitrogens with zero attached hydrogens (tertiary/aromatic N) is 2. The van der Waals surface area contributed by atoms with Crippen molar-refractivity contribution in [2.75, 3.05) is 7.05 Å². The monoisotopic (exact) mass is 259 g/mol. The summed E-state index contributed by atoms with van der Waals surface area (Å²) in [5.41, 5.74) is 0.425.